The molecule has 30 heavy (non-hydrogen) atoms. The summed E-state index contributed by atoms with van der Waals surface area (Å²) in [5, 5.41) is 1.67. The predicted octanol–water partition coefficient (Wildman–Crippen LogP) is 2.79. The maximum absolute atomic E-state index is 13.3. The summed E-state index contributed by atoms with van der Waals surface area (Å²) in [6.45, 7) is 5.22. The summed E-state index contributed by atoms with van der Waals surface area (Å²) in [6.07, 6.45) is 0.889. The summed E-state index contributed by atoms with van der Waals surface area (Å²) in [5.41, 5.74) is 1.48. The molecule has 0 spiro atoms. The number of hydrogen-bond acceptors (Lipinski definition) is 4. The predicted molar refractivity (Wildman–Crippen MR) is 118 cm³/mol. The van der Waals surface area contributed by atoms with Gasteiger partial charge in [0.05, 0.1) is 30.7 Å². The highest BCUT2D eigenvalue weighted by atomic mass is 35.5. The summed E-state index contributed by atoms with van der Waals surface area (Å²) in [7, 11) is 0. The van der Waals surface area contributed by atoms with Gasteiger partial charge in [0.2, 0.25) is 0 Å². The van der Waals surface area contributed by atoms with E-state index >= 15 is 0 Å². The topological polar surface area (TPSA) is 48.6 Å². The minimum absolute atomic E-state index is 0.0229. The molecule has 2 aromatic carbocycles. The fourth-order valence-electron chi connectivity index (χ4n) is 3.63. The largest absolute Gasteiger partial charge is 0.370 e. The van der Waals surface area contributed by atoms with E-state index < -0.39 is 0 Å². The van der Waals surface area contributed by atoms with Gasteiger partial charge in [-0.1, -0.05) is 41.6 Å². The van der Waals surface area contributed by atoms with E-state index in [1.165, 1.54) is 28.8 Å². The van der Waals surface area contributed by atoms with E-state index in [1.807, 2.05) is 24.3 Å². The minimum atomic E-state index is -0.361. The number of halogens is 2. The van der Waals surface area contributed by atoms with Crippen LogP contribution < -0.4 is 10.5 Å². The van der Waals surface area contributed by atoms with Gasteiger partial charge in [-0.25, -0.2) is 9.37 Å². The van der Waals surface area contributed by atoms with Gasteiger partial charge < -0.3 is 9.64 Å². The maximum atomic E-state index is 13.3. The molecule has 3 aromatic rings. The van der Waals surface area contributed by atoms with Crippen LogP contribution in [0.2, 0.25) is 5.02 Å². The molecule has 2 heterocycles. The number of morpholine rings is 1. The second kappa shape index (κ2) is 9.92. The highest BCUT2D eigenvalue weighted by molar-refractivity contribution is 7.98. The van der Waals surface area contributed by atoms with Gasteiger partial charge in [0, 0.05) is 23.7 Å². The molecule has 1 fully saturated rings. The number of quaternary nitrogens is 1. The molecule has 0 saturated carbocycles. The van der Waals surface area contributed by atoms with Gasteiger partial charge >= 0.3 is 0 Å². The van der Waals surface area contributed by atoms with Crippen molar-refractivity contribution in [1.29, 1.82) is 0 Å². The van der Waals surface area contributed by atoms with Gasteiger partial charge in [0.15, 0.2) is 5.16 Å². The number of fused-ring (bicyclic) bond motifs is 1. The Hall–Kier alpha value is -1.93. The molecule has 1 saturated heterocycles. The summed E-state index contributed by atoms with van der Waals surface area (Å²) in [5.74, 6) is 0.151. The van der Waals surface area contributed by atoms with E-state index in [0.29, 0.717) is 33.4 Å². The Morgan fingerprint density at radius 1 is 1.20 bits per heavy atom. The molecule has 0 radical (unpaired) electrons. The van der Waals surface area contributed by atoms with E-state index in [9.17, 15) is 9.18 Å². The van der Waals surface area contributed by atoms with Gasteiger partial charge in [-0.2, -0.15) is 0 Å². The van der Waals surface area contributed by atoms with Crippen LogP contribution in [0.25, 0.3) is 10.9 Å². The Balaban J connectivity index is 1.56. The number of thioether (sulfide) groups is 1. The van der Waals surface area contributed by atoms with Crippen molar-refractivity contribution in [3.63, 3.8) is 0 Å². The molecule has 1 aliphatic heterocycles. The highest BCUT2D eigenvalue weighted by Gasteiger charge is 2.16. The quantitative estimate of drug-likeness (QED) is 0.446. The number of para-hydroxylation sites is 1. The average molecular weight is 449 g/mol. The van der Waals surface area contributed by atoms with Crippen LogP contribution in [0.1, 0.15) is 12.0 Å². The fraction of sp³-hybridized carbons (Fsp3) is 0.364. The van der Waals surface area contributed by atoms with Gasteiger partial charge in [0.1, 0.15) is 18.9 Å². The summed E-state index contributed by atoms with van der Waals surface area (Å²) < 4.78 is 20.5. The lowest BCUT2D eigenvalue weighted by molar-refractivity contribution is -0.908. The fourth-order valence-corrected chi connectivity index (χ4v) is 4.98. The first-order valence-electron chi connectivity index (χ1n) is 10.1. The normalized spacial score (nSPS) is 15.0. The van der Waals surface area contributed by atoms with Gasteiger partial charge in [-0.3, -0.25) is 9.36 Å². The van der Waals surface area contributed by atoms with Gasteiger partial charge in [-0.05, 0) is 29.8 Å². The third kappa shape index (κ3) is 5.03. The molecule has 5 nitrogen and oxygen atoms in total. The number of rotatable bonds is 7. The molecule has 8 heteroatoms. The Morgan fingerprint density at radius 2 is 2.00 bits per heavy atom. The zero-order valence-electron chi connectivity index (χ0n) is 16.6. The van der Waals surface area contributed by atoms with Gasteiger partial charge in [-0.15, -0.1) is 0 Å². The SMILES string of the molecule is O=c1c2ccccc2nc(SCc2ccc(F)cc2Cl)n1CCC[NH+]1CCOCC1. The number of aromatic nitrogens is 2. The molecule has 1 aliphatic rings. The second-order valence-corrected chi connectivity index (χ2v) is 8.71. The first-order valence-corrected chi connectivity index (χ1v) is 11.5. The highest BCUT2D eigenvalue weighted by Crippen LogP contribution is 2.26. The average Bonchev–Trinajstić information content (AvgIpc) is 2.76. The molecule has 4 rings (SSSR count). The summed E-state index contributed by atoms with van der Waals surface area (Å²) in [6, 6.07) is 11.8. The van der Waals surface area contributed by atoms with Crippen molar-refractivity contribution < 1.29 is 14.0 Å². The number of nitrogens with one attached hydrogen (secondary N) is 1. The standard InChI is InChI=1S/C22H23ClFN3O2S/c23-19-14-17(24)7-6-16(19)15-30-22-25-20-5-2-1-4-18(20)21(28)27(22)9-3-8-26-10-12-29-13-11-26/h1-2,4-7,14H,3,8-13,15H2/p+1. The monoisotopic (exact) mass is 448 g/mol. The molecule has 0 unspecified atom stereocenters. The van der Waals surface area contributed by atoms with E-state index in [0.717, 1.165) is 44.8 Å². The van der Waals surface area contributed by atoms with Crippen LogP contribution in [0.4, 0.5) is 4.39 Å². The van der Waals surface area contributed by atoms with Crippen LogP contribution in [0, 0.1) is 5.82 Å². The summed E-state index contributed by atoms with van der Waals surface area (Å²) in [4.78, 5) is 19.4. The van der Waals surface area contributed by atoms with E-state index in [2.05, 4.69) is 0 Å². The second-order valence-electron chi connectivity index (χ2n) is 7.36. The number of hydrogen-bond donors (Lipinski definition) is 1. The zero-order chi connectivity index (χ0) is 20.9. The Morgan fingerprint density at radius 3 is 2.80 bits per heavy atom. The Labute approximate surface area is 183 Å². The maximum Gasteiger partial charge on any atom is 0.262 e. The first-order chi connectivity index (χ1) is 14.6. The lowest BCUT2D eigenvalue weighted by Gasteiger charge is -2.24. The van der Waals surface area contributed by atoms with Crippen LogP contribution in [0.15, 0.2) is 52.4 Å². The molecule has 0 atom stereocenters. The van der Waals surface area contributed by atoms with E-state index in [4.69, 9.17) is 21.3 Å². The van der Waals surface area contributed by atoms with Crippen molar-refractivity contribution in [2.75, 3.05) is 32.8 Å². The van der Waals surface area contributed by atoms with E-state index in [-0.39, 0.29) is 11.4 Å². The number of nitrogens with zero attached hydrogens (tertiary/aromatic N) is 2. The molecule has 0 bridgehead atoms. The van der Waals surface area contributed by atoms with Crippen LogP contribution in [0.5, 0.6) is 0 Å². The molecule has 1 N–H and O–H groups in total. The molecule has 1 aromatic heterocycles. The molecular weight excluding hydrogens is 425 g/mol. The van der Waals surface area contributed by atoms with Crippen molar-refractivity contribution >= 4 is 34.3 Å². The smallest absolute Gasteiger partial charge is 0.262 e. The Bertz CT molecular complexity index is 1090. The van der Waals surface area contributed by atoms with Crippen molar-refractivity contribution in [3.8, 4) is 0 Å². The third-order valence-corrected chi connectivity index (χ3v) is 6.69. The van der Waals surface area contributed by atoms with Crippen LogP contribution in [0.3, 0.4) is 0 Å². The van der Waals surface area contributed by atoms with Crippen molar-refractivity contribution in [1.82, 2.24) is 9.55 Å². The third-order valence-electron chi connectivity index (χ3n) is 5.31. The van der Waals surface area contributed by atoms with E-state index in [1.54, 1.807) is 10.6 Å². The number of benzene rings is 2. The lowest BCUT2D eigenvalue weighted by atomic mass is 10.2. The molecule has 158 valence electrons. The molecule has 0 aliphatic carbocycles. The Kier molecular flexibility index (Phi) is 7.04. The first kappa shape index (κ1) is 21.3. The van der Waals surface area contributed by atoms with Crippen molar-refractivity contribution in [2.24, 2.45) is 0 Å². The summed E-state index contributed by atoms with van der Waals surface area (Å²) >= 11 is 7.63. The van der Waals surface area contributed by atoms with Crippen molar-refractivity contribution in [2.45, 2.75) is 23.9 Å². The van der Waals surface area contributed by atoms with Crippen LogP contribution in [-0.2, 0) is 17.0 Å². The zero-order valence-corrected chi connectivity index (χ0v) is 18.1. The van der Waals surface area contributed by atoms with Crippen molar-refractivity contribution in [3.05, 3.63) is 69.2 Å². The number of ether oxygens (including phenoxy) is 1. The lowest BCUT2D eigenvalue weighted by Crippen LogP contribution is -3.14. The van der Waals surface area contributed by atoms with Crippen LogP contribution >= 0.6 is 23.4 Å². The molecular formula is C22H24ClFN3O2S+. The van der Waals surface area contributed by atoms with Gasteiger partial charge in [0.25, 0.3) is 5.56 Å². The molecule has 0 amide bonds. The minimum Gasteiger partial charge on any atom is -0.370 e. The van der Waals surface area contributed by atoms with Crippen LogP contribution in [-0.4, -0.2) is 42.4 Å².